The zero-order chi connectivity index (χ0) is 12.8. The van der Waals surface area contributed by atoms with Gasteiger partial charge in [-0.05, 0) is 43.5 Å². The summed E-state index contributed by atoms with van der Waals surface area (Å²) in [6.45, 7) is 4.46. The molecule has 0 radical (unpaired) electrons. The van der Waals surface area contributed by atoms with Crippen molar-refractivity contribution in [3.05, 3.63) is 29.6 Å². The zero-order valence-electron chi connectivity index (χ0n) is 11.1. The van der Waals surface area contributed by atoms with Gasteiger partial charge < -0.3 is 15.4 Å². The molecule has 1 aromatic heterocycles. The first kappa shape index (κ1) is 13.5. The quantitative estimate of drug-likeness (QED) is 0.857. The van der Waals surface area contributed by atoms with Crippen LogP contribution in [0.3, 0.4) is 0 Å². The van der Waals surface area contributed by atoms with E-state index in [2.05, 4.69) is 29.1 Å². The van der Waals surface area contributed by atoms with Crippen molar-refractivity contribution in [1.29, 1.82) is 0 Å². The number of hydrogen-bond donors (Lipinski definition) is 1. The van der Waals surface area contributed by atoms with E-state index in [4.69, 9.17) is 10.5 Å². The average molecular weight is 249 g/mol. The number of nitrogens with two attached hydrogens (primary N) is 1. The van der Waals surface area contributed by atoms with Crippen molar-refractivity contribution in [2.24, 2.45) is 11.7 Å². The normalized spacial score (nSPS) is 17.3. The summed E-state index contributed by atoms with van der Waals surface area (Å²) in [5.41, 5.74) is 7.87. The lowest BCUT2D eigenvalue weighted by atomic mass is 10.00. The molecule has 0 unspecified atom stereocenters. The minimum atomic E-state index is 0.511. The molecule has 0 aromatic carbocycles. The van der Waals surface area contributed by atoms with E-state index in [0.717, 1.165) is 37.9 Å². The minimum Gasteiger partial charge on any atom is -0.381 e. The van der Waals surface area contributed by atoms with E-state index in [0.29, 0.717) is 6.54 Å². The molecule has 1 aliphatic rings. The zero-order valence-corrected chi connectivity index (χ0v) is 11.1. The van der Waals surface area contributed by atoms with Gasteiger partial charge in [-0.3, -0.25) is 4.98 Å². The van der Waals surface area contributed by atoms with Crippen LogP contribution in [-0.4, -0.2) is 36.7 Å². The molecule has 4 heteroatoms. The van der Waals surface area contributed by atoms with Crippen LogP contribution >= 0.6 is 0 Å². The number of nitrogens with zero attached hydrogens (tertiary/aromatic N) is 2. The molecule has 2 N–H and O–H groups in total. The van der Waals surface area contributed by atoms with Crippen LogP contribution < -0.4 is 5.73 Å². The Labute approximate surface area is 109 Å². The molecule has 1 aliphatic heterocycles. The Morgan fingerprint density at radius 2 is 2.22 bits per heavy atom. The van der Waals surface area contributed by atoms with Gasteiger partial charge in [0.1, 0.15) is 0 Å². The molecule has 0 saturated carbocycles. The molecule has 2 rings (SSSR count). The molecule has 0 bridgehead atoms. The van der Waals surface area contributed by atoms with Crippen LogP contribution in [0.4, 0.5) is 0 Å². The molecule has 0 aliphatic carbocycles. The Balaban J connectivity index is 1.83. The number of ether oxygens (including phenoxy) is 1. The van der Waals surface area contributed by atoms with Crippen LogP contribution in [0.25, 0.3) is 0 Å². The van der Waals surface area contributed by atoms with Crippen molar-refractivity contribution in [1.82, 2.24) is 9.88 Å². The molecule has 100 valence electrons. The monoisotopic (exact) mass is 249 g/mol. The molecule has 4 nitrogen and oxygen atoms in total. The molecule has 1 fully saturated rings. The molecular weight excluding hydrogens is 226 g/mol. The third-order valence-electron chi connectivity index (χ3n) is 3.45. The van der Waals surface area contributed by atoms with Crippen LogP contribution in [0.1, 0.15) is 24.1 Å². The van der Waals surface area contributed by atoms with Gasteiger partial charge in [0, 0.05) is 39.0 Å². The molecule has 1 saturated heterocycles. The summed E-state index contributed by atoms with van der Waals surface area (Å²) in [4.78, 5) is 6.60. The third-order valence-corrected chi connectivity index (χ3v) is 3.45. The highest BCUT2D eigenvalue weighted by Gasteiger charge is 2.15. The molecule has 0 spiro atoms. The first-order chi connectivity index (χ1) is 8.78. The van der Waals surface area contributed by atoms with Crippen molar-refractivity contribution in [2.45, 2.75) is 25.9 Å². The highest BCUT2D eigenvalue weighted by molar-refractivity contribution is 5.16. The lowest BCUT2D eigenvalue weighted by molar-refractivity contribution is 0.0549. The van der Waals surface area contributed by atoms with Gasteiger partial charge in [-0.15, -0.1) is 0 Å². The van der Waals surface area contributed by atoms with Crippen LogP contribution in [0.2, 0.25) is 0 Å². The first-order valence-electron chi connectivity index (χ1n) is 6.68. The van der Waals surface area contributed by atoms with Crippen molar-refractivity contribution in [3.63, 3.8) is 0 Å². The summed E-state index contributed by atoms with van der Waals surface area (Å²) < 4.78 is 5.39. The smallest absolute Gasteiger partial charge is 0.0542 e. The lowest BCUT2D eigenvalue weighted by Crippen LogP contribution is -2.29. The first-order valence-corrected chi connectivity index (χ1v) is 6.68. The van der Waals surface area contributed by atoms with Gasteiger partial charge in [0.2, 0.25) is 0 Å². The van der Waals surface area contributed by atoms with E-state index < -0.39 is 0 Å². The number of aromatic nitrogens is 1. The van der Waals surface area contributed by atoms with Gasteiger partial charge in [-0.2, -0.15) is 0 Å². The van der Waals surface area contributed by atoms with E-state index >= 15 is 0 Å². The summed E-state index contributed by atoms with van der Waals surface area (Å²) in [5, 5.41) is 0. The highest BCUT2D eigenvalue weighted by atomic mass is 16.5. The van der Waals surface area contributed by atoms with Crippen molar-refractivity contribution in [3.8, 4) is 0 Å². The maximum absolute atomic E-state index is 5.61. The van der Waals surface area contributed by atoms with Gasteiger partial charge in [-0.25, -0.2) is 0 Å². The fourth-order valence-corrected chi connectivity index (χ4v) is 2.48. The Morgan fingerprint density at radius 1 is 1.44 bits per heavy atom. The number of pyridine rings is 1. The van der Waals surface area contributed by atoms with Crippen LogP contribution in [0.5, 0.6) is 0 Å². The van der Waals surface area contributed by atoms with Gasteiger partial charge in [0.25, 0.3) is 0 Å². The summed E-state index contributed by atoms with van der Waals surface area (Å²) in [5.74, 6) is 0.777. The lowest BCUT2D eigenvalue weighted by Gasteiger charge is -2.27. The second-order valence-corrected chi connectivity index (χ2v) is 5.11. The fourth-order valence-electron chi connectivity index (χ4n) is 2.48. The topological polar surface area (TPSA) is 51.4 Å². The average Bonchev–Trinajstić information content (AvgIpc) is 2.40. The van der Waals surface area contributed by atoms with E-state index in [-0.39, 0.29) is 0 Å². The Kier molecular flexibility index (Phi) is 5.11. The van der Waals surface area contributed by atoms with Gasteiger partial charge in [-0.1, -0.05) is 0 Å². The van der Waals surface area contributed by atoms with Gasteiger partial charge in [0.15, 0.2) is 0 Å². The van der Waals surface area contributed by atoms with Crippen LogP contribution in [0.15, 0.2) is 18.3 Å². The van der Waals surface area contributed by atoms with E-state index in [1.807, 2.05) is 6.20 Å². The molecule has 18 heavy (non-hydrogen) atoms. The van der Waals surface area contributed by atoms with Crippen molar-refractivity contribution < 1.29 is 4.74 Å². The molecular formula is C14H23N3O. The van der Waals surface area contributed by atoms with E-state index in [1.54, 1.807) is 0 Å². The number of rotatable bonds is 5. The van der Waals surface area contributed by atoms with Crippen LogP contribution in [-0.2, 0) is 17.8 Å². The summed E-state index contributed by atoms with van der Waals surface area (Å²) >= 11 is 0. The highest BCUT2D eigenvalue weighted by Crippen LogP contribution is 2.16. The standard InChI is InChI=1S/C14H23N3O/c1-17(10-12-3-6-18-7-4-12)11-13-2-5-16-14(8-13)9-15/h2,5,8,12H,3-4,6-7,9-11,15H2,1H3. The maximum Gasteiger partial charge on any atom is 0.0542 e. The largest absolute Gasteiger partial charge is 0.381 e. The summed E-state index contributed by atoms with van der Waals surface area (Å²) in [6.07, 6.45) is 4.23. The summed E-state index contributed by atoms with van der Waals surface area (Å²) in [6, 6.07) is 4.17. The Hall–Kier alpha value is -0.970. The second kappa shape index (κ2) is 6.83. The maximum atomic E-state index is 5.61. The van der Waals surface area contributed by atoms with E-state index in [9.17, 15) is 0 Å². The Bertz CT molecular complexity index is 364. The number of hydrogen-bond acceptors (Lipinski definition) is 4. The fraction of sp³-hybridized carbons (Fsp3) is 0.643. The summed E-state index contributed by atoms with van der Waals surface area (Å²) in [7, 11) is 2.18. The van der Waals surface area contributed by atoms with E-state index in [1.165, 1.54) is 18.4 Å². The van der Waals surface area contributed by atoms with Crippen molar-refractivity contribution >= 4 is 0 Å². The third kappa shape index (κ3) is 4.05. The SMILES string of the molecule is CN(Cc1ccnc(CN)c1)CC1CCOCC1. The predicted octanol–water partition coefficient (Wildman–Crippen LogP) is 1.40. The van der Waals surface area contributed by atoms with Gasteiger partial charge in [0.05, 0.1) is 5.69 Å². The van der Waals surface area contributed by atoms with Gasteiger partial charge >= 0.3 is 0 Å². The molecule has 0 atom stereocenters. The predicted molar refractivity (Wildman–Crippen MR) is 72.0 cm³/mol. The van der Waals surface area contributed by atoms with Crippen molar-refractivity contribution in [2.75, 3.05) is 26.8 Å². The molecule has 2 heterocycles. The molecule has 0 amide bonds. The second-order valence-electron chi connectivity index (χ2n) is 5.11. The Morgan fingerprint density at radius 3 is 2.94 bits per heavy atom. The molecule has 1 aromatic rings. The minimum absolute atomic E-state index is 0.511. The van der Waals surface area contributed by atoms with Crippen LogP contribution in [0, 0.1) is 5.92 Å².